The second kappa shape index (κ2) is 6.00. The van der Waals surface area contributed by atoms with Crippen molar-refractivity contribution in [1.82, 2.24) is 10.3 Å². The molecule has 0 fully saturated rings. The van der Waals surface area contributed by atoms with Crippen LogP contribution < -0.4 is 5.32 Å². The van der Waals surface area contributed by atoms with Crippen LogP contribution in [0.1, 0.15) is 22.5 Å². The first-order chi connectivity index (χ1) is 7.44. The maximum Gasteiger partial charge on any atom is 0.107 e. The topological polar surface area (TPSA) is 45.1 Å². The third kappa shape index (κ3) is 4.41. The van der Waals surface area contributed by atoms with Crippen molar-refractivity contribution in [2.45, 2.75) is 32.9 Å². The van der Waals surface area contributed by atoms with Gasteiger partial charge in [-0.15, -0.1) is 11.3 Å². The van der Waals surface area contributed by atoms with E-state index < -0.39 is 5.60 Å². The minimum atomic E-state index is -0.638. The van der Waals surface area contributed by atoms with Crippen molar-refractivity contribution < 1.29 is 5.11 Å². The molecule has 1 aromatic heterocycles. The van der Waals surface area contributed by atoms with Crippen molar-refractivity contribution in [3.8, 4) is 0 Å². The van der Waals surface area contributed by atoms with E-state index in [9.17, 15) is 5.11 Å². The Labute approximate surface area is 106 Å². The molecule has 1 rings (SSSR count). The quantitative estimate of drug-likeness (QED) is 0.821. The lowest BCUT2D eigenvalue weighted by molar-refractivity contribution is 0.0846. The molecule has 0 saturated heterocycles. The van der Waals surface area contributed by atoms with Crippen molar-refractivity contribution in [2.24, 2.45) is 0 Å². The number of nitrogens with zero attached hydrogens (tertiary/aromatic N) is 1. The van der Waals surface area contributed by atoms with E-state index in [4.69, 9.17) is 0 Å². The molecule has 0 spiro atoms. The minimum absolute atomic E-state index is 0.603. The summed E-state index contributed by atoms with van der Waals surface area (Å²) in [5.41, 5.74) is 0.471. The molecule has 2 N–H and O–H groups in total. The molecule has 1 atom stereocenters. The molecule has 1 heterocycles. The van der Waals surface area contributed by atoms with Crippen LogP contribution in [-0.2, 0) is 6.54 Å². The van der Waals surface area contributed by atoms with Crippen molar-refractivity contribution >= 4 is 23.1 Å². The highest BCUT2D eigenvalue weighted by Crippen LogP contribution is 2.16. The van der Waals surface area contributed by atoms with Gasteiger partial charge in [-0.1, -0.05) is 0 Å². The van der Waals surface area contributed by atoms with Crippen molar-refractivity contribution in [3.63, 3.8) is 0 Å². The standard InChI is InChI=1S/C11H20N2OS2/c1-8-9(2)16-10(13-8)5-12-6-11(3,14)7-15-4/h12,14H,5-7H2,1-4H3. The number of thioether (sulfide) groups is 1. The fourth-order valence-electron chi connectivity index (χ4n) is 1.42. The van der Waals surface area contributed by atoms with Crippen LogP contribution in [-0.4, -0.2) is 34.2 Å². The van der Waals surface area contributed by atoms with Gasteiger partial charge in [0.05, 0.1) is 11.3 Å². The fraction of sp³-hybridized carbons (Fsp3) is 0.727. The normalized spacial score (nSPS) is 15.1. The van der Waals surface area contributed by atoms with Gasteiger partial charge in [0.2, 0.25) is 0 Å². The molecule has 0 saturated carbocycles. The van der Waals surface area contributed by atoms with Crippen LogP contribution in [0.2, 0.25) is 0 Å². The molecule has 1 unspecified atom stereocenters. The highest BCUT2D eigenvalue weighted by molar-refractivity contribution is 7.98. The number of aryl methyl sites for hydroxylation is 2. The van der Waals surface area contributed by atoms with Gasteiger partial charge in [-0.3, -0.25) is 0 Å². The average Bonchev–Trinajstić information content (AvgIpc) is 2.45. The third-order valence-electron chi connectivity index (χ3n) is 2.31. The van der Waals surface area contributed by atoms with Gasteiger partial charge >= 0.3 is 0 Å². The highest BCUT2D eigenvalue weighted by Gasteiger charge is 2.18. The Balaban J connectivity index is 2.35. The summed E-state index contributed by atoms with van der Waals surface area (Å²) in [7, 11) is 0. The number of aliphatic hydroxyl groups is 1. The SMILES string of the molecule is CSCC(C)(O)CNCc1nc(C)c(C)s1. The van der Waals surface area contributed by atoms with Crippen LogP contribution in [0.25, 0.3) is 0 Å². The van der Waals surface area contributed by atoms with Crippen LogP contribution in [0.4, 0.5) is 0 Å². The predicted octanol–water partition coefficient (Wildman–Crippen LogP) is 1.96. The molecule has 0 amide bonds. The molecule has 0 aliphatic heterocycles. The van der Waals surface area contributed by atoms with Gasteiger partial charge in [0, 0.05) is 23.7 Å². The first-order valence-electron chi connectivity index (χ1n) is 5.29. The maximum atomic E-state index is 9.95. The summed E-state index contributed by atoms with van der Waals surface area (Å²) in [5.74, 6) is 0.746. The zero-order chi connectivity index (χ0) is 12.2. The minimum Gasteiger partial charge on any atom is -0.388 e. The Morgan fingerprint density at radius 3 is 2.69 bits per heavy atom. The number of aromatic nitrogens is 1. The number of hydrogen-bond donors (Lipinski definition) is 2. The lowest BCUT2D eigenvalue weighted by atomic mass is 10.1. The Morgan fingerprint density at radius 1 is 1.50 bits per heavy atom. The van der Waals surface area contributed by atoms with Gasteiger partial charge in [-0.25, -0.2) is 4.98 Å². The summed E-state index contributed by atoms with van der Waals surface area (Å²) in [4.78, 5) is 5.72. The van der Waals surface area contributed by atoms with Gasteiger partial charge in [-0.05, 0) is 27.0 Å². The highest BCUT2D eigenvalue weighted by atomic mass is 32.2. The second-order valence-electron chi connectivity index (χ2n) is 4.28. The number of rotatable bonds is 6. The van der Waals surface area contributed by atoms with Crippen LogP contribution in [0, 0.1) is 13.8 Å². The largest absolute Gasteiger partial charge is 0.388 e. The van der Waals surface area contributed by atoms with Crippen molar-refractivity contribution in [2.75, 3.05) is 18.6 Å². The molecule has 0 aliphatic carbocycles. The fourth-order valence-corrected chi connectivity index (χ4v) is 3.04. The summed E-state index contributed by atoms with van der Waals surface area (Å²) in [6.07, 6.45) is 2.00. The molecule has 1 aromatic rings. The van der Waals surface area contributed by atoms with E-state index in [1.165, 1.54) is 4.88 Å². The van der Waals surface area contributed by atoms with E-state index in [-0.39, 0.29) is 0 Å². The zero-order valence-corrected chi connectivity index (χ0v) is 12.0. The maximum absolute atomic E-state index is 9.95. The van der Waals surface area contributed by atoms with E-state index in [1.807, 2.05) is 20.1 Å². The first-order valence-corrected chi connectivity index (χ1v) is 7.50. The van der Waals surface area contributed by atoms with E-state index in [2.05, 4.69) is 17.2 Å². The Bertz CT molecular complexity index is 317. The number of thiazole rings is 1. The molecule has 0 aliphatic rings. The summed E-state index contributed by atoms with van der Waals surface area (Å²) in [5, 5.41) is 14.3. The average molecular weight is 260 g/mol. The molecular weight excluding hydrogens is 240 g/mol. The van der Waals surface area contributed by atoms with Gasteiger partial charge < -0.3 is 10.4 Å². The van der Waals surface area contributed by atoms with Crippen LogP contribution in [0.5, 0.6) is 0 Å². The van der Waals surface area contributed by atoms with Crippen molar-refractivity contribution in [3.05, 3.63) is 15.6 Å². The lowest BCUT2D eigenvalue weighted by Gasteiger charge is -2.22. The summed E-state index contributed by atoms with van der Waals surface area (Å²) < 4.78 is 0. The molecule has 0 bridgehead atoms. The Hall–Kier alpha value is -0.100. The lowest BCUT2D eigenvalue weighted by Crippen LogP contribution is -2.39. The monoisotopic (exact) mass is 260 g/mol. The van der Waals surface area contributed by atoms with E-state index in [0.29, 0.717) is 6.54 Å². The van der Waals surface area contributed by atoms with E-state index in [0.717, 1.165) is 23.0 Å². The third-order valence-corrected chi connectivity index (χ3v) is 4.29. The summed E-state index contributed by atoms with van der Waals surface area (Å²) in [6.45, 7) is 7.31. The van der Waals surface area contributed by atoms with E-state index >= 15 is 0 Å². The van der Waals surface area contributed by atoms with Crippen LogP contribution in [0.15, 0.2) is 0 Å². The predicted molar refractivity (Wildman–Crippen MR) is 72.3 cm³/mol. The summed E-state index contributed by atoms with van der Waals surface area (Å²) in [6, 6.07) is 0. The van der Waals surface area contributed by atoms with Crippen LogP contribution >= 0.6 is 23.1 Å². The molecule has 0 aromatic carbocycles. The molecule has 16 heavy (non-hydrogen) atoms. The Kier molecular flexibility index (Phi) is 5.24. The smallest absolute Gasteiger partial charge is 0.107 e. The van der Waals surface area contributed by atoms with Crippen molar-refractivity contribution in [1.29, 1.82) is 0 Å². The van der Waals surface area contributed by atoms with Gasteiger partial charge in [-0.2, -0.15) is 11.8 Å². The molecule has 92 valence electrons. The molecule has 5 heteroatoms. The second-order valence-corrected chi connectivity index (χ2v) is 6.44. The van der Waals surface area contributed by atoms with Gasteiger partial charge in [0.1, 0.15) is 5.01 Å². The number of hydrogen-bond acceptors (Lipinski definition) is 5. The van der Waals surface area contributed by atoms with Gasteiger partial charge in [0.15, 0.2) is 0 Å². The van der Waals surface area contributed by atoms with E-state index in [1.54, 1.807) is 23.1 Å². The number of nitrogens with one attached hydrogen (secondary N) is 1. The van der Waals surface area contributed by atoms with Gasteiger partial charge in [0.25, 0.3) is 0 Å². The Morgan fingerprint density at radius 2 is 2.19 bits per heavy atom. The van der Waals surface area contributed by atoms with Crippen LogP contribution in [0.3, 0.4) is 0 Å². The summed E-state index contributed by atoms with van der Waals surface area (Å²) >= 11 is 3.38. The first kappa shape index (κ1) is 14.0. The molecular formula is C11H20N2OS2. The molecule has 3 nitrogen and oxygen atoms in total. The molecule has 0 radical (unpaired) electrons. The zero-order valence-electron chi connectivity index (χ0n) is 10.3.